The number of nitrogens with one attached hydrogen (secondary N) is 1. The average Bonchev–Trinajstić information content (AvgIpc) is 2.68. The first kappa shape index (κ1) is 23.2. The second kappa shape index (κ2) is 10.1. The number of hydrogen-bond donors (Lipinski definition) is 2. The van der Waals surface area contributed by atoms with Crippen molar-refractivity contribution in [2.75, 3.05) is 0 Å². The van der Waals surface area contributed by atoms with Crippen molar-refractivity contribution in [3.8, 4) is 0 Å². The summed E-state index contributed by atoms with van der Waals surface area (Å²) in [5.74, 6) is -2.00. The Labute approximate surface area is 177 Å². The molecule has 0 aliphatic carbocycles. The highest BCUT2D eigenvalue weighted by Crippen LogP contribution is 2.25. The third kappa shape index (κ3) is 6.77. The molecule has 8 heteroatoms. The summed E-state index contributed by atoms with van der Waals surface area (Å²) >= 11 is 5.93. The third-order valence-electron chi connectivity index (χ3n) is 4.32. The molecule has 2 amide bonds. The number of nitrogens with two attached hydrogens (primary N) is 1. The topological polar surface area (TPSA) is 72.2 Å². The van der Waals surface area contributed by atoms with Crippen LogP contribution in [0.3, 0.4) is 0 Å². The molecule has 4 nitrogen and oxygen atoms in total. The minimum absolute atomic E-state index is 0.387. The third-order valence-corrected chi connectivity index (χ3v) is 4.57. The quantitative estimate of drug-likeness (QED) is 0.287. The van der Waals surface area contributed by atoms with Crippen LogP contribution < -0.4 is 11.1 Å². The molecule has 1 atom stereocenters. The van der Waals surface area contributed by atoms with Crippen molar-refractivity contribution in [3.63, 3.8) is 0 Å². The van der Waals surface area contributed by atoms with Crippen molar-refractivity contribution in [3.05, 3.63) is 94.0 Å². The lowest BCUT2D eigenvalue weighted by molar-refractivity contribution is -0.122. The van der Waals surface area contributed by atoms with E-state index in [0.29, 0.717) is 23.1 Å². The zero-order valence-corrected chi connectivity index (χ0v) is 16.8. The zero-order valence-electron chi connectivity index (χ0n) is 16.0. The molecular formula is C22H20ClF3N2O2. The summed E-state index contributed by atoms with van der Waals surface area (Å²) in [4.78, 5) is 24.4. The van der Waals surface area contributed by atoms with Crippen LogP contribution in [0.1, 0.15) is 24.1 Å². The van der Waals surface area contributed by atoms with Crippen LogP contribution in [0.15, 0.2) is 77.9 Å². The van der Waals surface area contributed by atoms with Gasteiger partial charge in [-0.15, -0.1) is 0 Å². The summed E-state index contributed by atoms with van der Waals surface area (Å²) in [6.07, 6.45) is -2.76. The van der Waals surface area contributed by atoms with Gasteiger partial charge in [0.1, 0.15) is 5.57 Å². The molecule has 0 radical (unpaired) electrons. The lowest BCUT2D eigenvalue weighted by Gasteiger charge is -2.20. The normalized spacial score (nSPS) is 13.6. The molecule has 0 aromatic heterocycles. The maximum absolute atomic E-state index is 12.7. The molecule has 2 aromatic carbocycles. The maximum Gasteiger partial charge on any atom is 0.412 e. The van der Waals surface area contributed by atoms with Gasteiger partial charge in [0.15, 0.2) is 0 Å². The standard InChI is InChI=1S/C22H20ClF3N2O2/c1-14(22(24,25)26)7-12-18(20(27)29)21(30)28-19(13-15-5-3-2-4-6-15)16-8-10-17(23)11-9-16/h2-12,19H,13H2,1H3,(H2,27,29)(H,28,30)/b14-7+,18-12+. The molecule has 30 heavy (non-hydrogen) atoms. The fourth-order valence-corrected chi connectivity index (χ4v) is 2.73. The van der Waals surface area contributed by atoms with Gasteiger partial charge in [-0.2, -0.15) is 13.2 Å². The number of hydrogen-bond acceptors (Lipinski definition) is 2. The summed E-state index contributed by atoms with van der Waals surface area (Å²) in [7, 11) is 0. The van der Waals surface area contributed by atoms with Crippen molar-refractivity contribution >= 4 is 23.4 Å². The molecule has 0 aliphatic heterocycles. The number of allylic oxidation sites excluding steroid dienone is 3. The SMILES string of the molecule is C/C(=C\C=C(/C(N)=O)C(=O)NC(Cc1ccccc1)c1ccc(Cl)cc1)C(F)(F)F. The Hall–Kier alpha value is -3.06. The monoisotopic (exact) mass is 436 g/mol. The summed E-state index contributed by atoms with van der Waals surface area (Å²) in [6.45, 7) is 0.832. The van der Waals surface area contributed by atoms with Crippen LogP contribution in [-0.2, 0) is 16.0 Å². The van der Waals surface area contributed by atoms with E-state index in [2.05, 4.69) is 5.32 Å². The smallest absolute Gasteiger partial charge is 0.365 e. The Kier molecular flexibility index (Phi) is 7.83. The van der Waals surface area contributed by atoms with Crippen molar-refractivity contribution in [2.45, 2.75) is 25.6 Å². The first-order valence-electron chi connectivity index (χ1n) is 8.93. The molecule has 3 N–H and O–H groups in total. The van der Waals surface area contributed by atoms with Gasteiger partial charge in [-0.1, -0.05) is 60.1 Å². The minimum atomic E-state index is -4.57. The lowest BCUT2D eigenvalue weighted by Crippen LogP contribution is -2.35. The van der Waals surface area contributed by atoms with Crippen molar-refractivity contribution < 1.29 is 22.8 Å². The van der Waals surface area contributed by atoms with E-state index in [1.165, 1.54) is 0 Å². The largest absolute Gasteiger partial charge is 0.412 e. The van der Waals surface area contributed by atoms with Crippen LogP contribution in [-0.4, -0.2) is 18.0 Å². The number of carbonyl (C=O) groups excluding carboxylic acids is 2. The van der Waals surface area contributed by atoms with Gasteiger partial charge in [0.2, 0.25) is 0 Å². The van der Waals surface area contributed by atoms with Gasteiger partial charge in [-0.25, -0.2) is 0 Å². The van der Waals surface area contributed by atoms with Crippen LogP contribution in [0.4, 0.5) is 13.2 Å². The van der Waals surface area contributed by atoms with Crippen LogP contribution in [0.25, 0.3) is 0 Å². The van der Waals surface area contributed by atoms with Gasteiger partial charge in [-0.05, 0) is 42.7 Å². The molecule has 0 aliphatic rings. The highest BCUT2D eigenvalue weighted by molar-refractivity contribution is 6.30. The van der Waals surface area contributed by atoms with Gasteiger partial charge in [-0.3, -0.25) is 9.59 Å². The Balaban J connectivity index is 2.33. The van der Waals surface area contributed by atoms with Gasteiger partial charge < -0.3 is 11.1 Å². The highest BCUT2D eigenvalue weighted by Gasteiger charge is 2.29. The van der Waals surface area contributed by atoms with E-state index in [0.717, 1.165) is 18.6 Å². The van der Waals surface area contributed by atoms with Crippen molar-refractivity contribution in [1.29, 1.82) is 0 Å². The van der Waals surface area contributed by atoms with Gasteiger partial charge in [0.05, 0.1) is 6.04 Å². The Morgan fingerprint density at radius 1 is 1.07 bits per heavy atom. The number of benzene rings is 2. The molecular weight excluding hydrogens is 417 g/mol. The number of carbonyl (C=O) groups is 2. The summed E-state index contributed by atoms with van der Waals surface area (Å²) < 4.78 is 38.0. The van der Waals surface area contributed by atoms with E-state index in [4.69, 9.17) is 17.3 Å². The fourth-order valence-electron chi connectivity index (χ4n) is 2.61. The van der Waals surface area contributed by atoms with Crippen LogP contribution in [0, 0.1) is 0 Å². The van der Waals surface area contributed by atoms with E-state index >= 15 is 0 Å². The molecule has 2 rings (SSSR count). The van der Waals surface area contributed by atoms with E-state index in [9.17, 15) is 22.8 Å². The lowest BCUT2D eigenvalue weighted by atomic mass is 9.98. The summed E-state index contributed by atoms with van der Waals surface area (Å²) in [6, 6.07) is 15.5. The number of primary amides is 1. The molecule has 2 aromatic rings. The number of rotatable bonds is 7. The molecule has 158 valence electrons. The average molecular weight is 437 g/mol. The van der Waals surface area contributed by atoms with Gasteiger partial charge >= 0.3 is 6.18 Å². The molecule has 0 heterocycles. The summed E-state index contributed by atoms with van der Waals surface area (Å²) in [5.41, 5.74) is 5.30. The number of alkyl halides is 3. The first-order chi connectivity index (χ1) is 14.1. The van der Waals surface area contributed by atoms with Gasteiger partial charge in [0, 0.05) is 10.6 Å². The van der Waals surface area contributed by atoms with Crippen LogP contribution in [0.5, 0.6) is 0 Å². The Bertz CT molecular complexity index is 953. The van der Waals surface area contributed by atoms with Crippen LogP contribution >= 0.6 is 11.6 Å². The van der Waals surface area contributed by atoms with Crippen molar-refractivity contribution in [1.82, 2.24) is 5.32 Å². The number of halogens is 4. The first-order valence-corrected chi connectivity index (χ1v) is 9.31. The molecule has 0 saturated carbocycles. The van der Waals surface area contributed by atoms with E-state index in [1.807, 2.05) is 30.3 Å². The van der Waals surface area contributed by atoms with E-state index < -0.39 is 35.2 Å². The maximum atomic E-state index is 12.7. The fraction of sp³-hybridized carbons (Fsp3) is 0.182. The van der Waals surface area contributed by atoms with Crippen molar-refractivity contribution in [2.24, 2.45) is 5.73 Å². The van der Waals surface area contributed by atoms with E-state index in [1.54, 1.807) is 24.3 Å². The van der Waals surface area contributed by atoms with Crippen LogP contribution in [0.2, 0.25) is 5.02 Å². The molecule has 1 unspecified atom stereocenters. The second-order valence-electron chi connectivity index (χ2n) is 6.56. The molecule has 0 saturated heterocycles. The molecule has 0 bridgehead atoms. The Morgan fingerprint density at radius 3 is 2.20 bits per heavy atom. The van der Waals surface area contributed by atoms with E-state index in [-0.39, 0.29) is 0 Å². The Morgan fingerprint density at radius 2 is 1.67 bits per heavy atom. The predicted molar refractivity (Wildman–Crippen MR) is 110 cm³/mol. The predicted octanol–water partition coefficient (Wildman–Crippen LogP) is 4.66. The van der Waals surface area contributed by atoms with Gasteiger partial charge in [0.25, 0.3) is 11.8 Å². The summed E-state index contributed by atoms with van der Waals surface area (Å²) in [5, 5.41) is 3.19. The minimum Gasteiger partial charge on any atom is -0.365 e. The highest BCUT2D eigenvalue weighted by atomic mass is 35.5. The zero-order chi connectivity index (χ0) is 22.3. The second-order valence-corrected chi connectivity index (χ2v) is 7.00. The number of amides is 2. The molecule has 0 spiro atoms. The molecule has 0 fully saturated rings.